The summed E-state index contributed by atoms with van der Waals surface area (Å²) in [6, 6.07) is 5.51. The molecule has 0 heterocycles. The lowest BCUT2D eigenvalue weighted by atomic mass is 10.2. The van der Waals surface area contributed by atoms with Crippen molar-refractivity contribution >= 4 is 12.0 Å². The zero-order valence-electron chi connectivity index (χ0n) is 12.5. The summed E-state index contributed by atoms with van der Waals surface area (Å²) in [6.45, 7) is 1.56. The first-order chi connectivity index (χ1) is 9.56. The van der Waals surface area contributed by atoms with E-state index in [1.807, 2.05) is 32.3 Å². The number of methoxy groups -OCH3 is 2. The Morgan fingerprint density at radius 3 is 2.55 bits per heavy atom. The molecule has 1 aromatic carbocycles. The van der Waals surface area contributed by atoms with E-state index in [-0.39, 0.29) is 5.91 Å². The van der Waals surface area contributed by atoms with E-state index in [4.69, 9.17) is 9.47 Å². The molecule has 110 valence electrons. The Hall–Kier alpha value is -2.01. The Morgan fingerprint density at radius 2 is 1.95 bits per heavy atom. The lowest BCUT2D eigenvalue weighted by molar-refractivity contribution is -0.856. The van der Waals surface area contributed by atoms with Gasteiger partial charge in [0.05, 0.1) is 41.4 Å². The summed E-state index contributed by atoms with van der Waals surface area (Å²) in [5.74, 6) is 1.22. The van der Waals surface area contributed by atoms with Gasteiger partial charge in [0.25, 0.3) is 0 Å². The van der Waals surface area contributed by atoms with Gasteiger partial charge in [0.1, 0.15) is 0 Å². The summed E-state index contributed by atoms with van der Waals surface area (Å²) >= 11 is 0. The van der Waals surface area contributed by atoms with Gasteiger partial charge in [-0.15, -0.1) is 0 Å². The Kier molecular flexibility index (Phi) is 6.59. The third-order valence-electron chi connectivity index (χ3n) is 2.76. The monoisotopic (exact) mass is 279 g/mol. The van der Waals surface area contributed by atoms with E-state index in [1.165, 1.54) is 11.0 Å². The van der Waals surface area contributed by atoms with Gasteiger partial charge >= 0.3 is 0 Å². The van der Waals surface area contributed by atoms with E-state index in [9.17, 15) is 4.79 Å². The number of ether oxygens (including phenoxy) is 2. The lowest BCUT2D eigenvalue weighted by Gasteiger charge is -2.08. The molecule has 0 fully saturated rings. The summed E-state index contributed by atoms with van der Waals surface area (Å²) < 4.78 is 10.4. The van der Waals surface area contributed by atoms with Crippen LogP contribution in [0.2, 0.25) is 0 Å². The fourth-order valence-electron chi connectivity index (χ4n) is 1.62. The number of amides is 1. The average Bonchev–Trinajstić information content (AvgIpc) is 2.44. The van der Waals surface area contributed by atoms with E-state index in [0.29, 0.717) is 18.0 Å². The number of rotatable bonds is 7. The minimum atomic E-state index is -0.0963. The Morgan fingerprint density at radius 1 is 1.25 bits per heavy atom. The van der Waals surface area contributed by atoms with Crippen LogP contribution in [0, 0.1) is 0 Å². The number of quaternary nitrogens is 1. The highest BCUT2D eigenvalue weighted by atomic mass is 16.5. The first kappa shape index (κ1) is 16.0. The summed E-state index contributed by atoms with van der Waals surface area (Å²) in [6.07, 6.45) is 3.27. The molecule has 0 unspecified atom stereocenters. The van der Waals surface area contributed by atoms with Crippen molar-refractivity contribution in [1.29, 1.82) is 0 Å². The Balaban J connectivity index is 2.59. The van der Waals surface area contributed by atoms with Crippen molar-refractivity contribution in [3.05, 3.63) is 29.8 Å². The highest BCUT2D eigenvalue weighted by Crippen LogP contribution is 2.27. The number of carbonyl (C=O) groups excluding carboxylic acids is 1. The highest BCUT2D eigenvalue weighted by Gasteiger charge is 2.03. The minimum absolute atomic E-state index is 0.0963. The maximum atomic E-state index is 11.6. The molecular weight excluding hydrogens is 256 g/mol. The second-order valence-corrected chi connectivity index (χ2v) is 4.70. The van der Waals surface area contributed by atoms with Gasteiger partial charge in [-0.1, -0.05) is 6.07 Å². The van der Waals surface area contributed by atoms with Crippen LogP contribution in [0.3, 0.4) is 0 Å². The number of carbonyl (C=O) groups is 1. The van der Waals surface area contributed by atoms with Crippen LogP contribution in [0.25, 0.3) is 6.08 Å². The third kappa shape index (κ3) is 5.32. The van der Waals surface area contributed by atoms with Crippen LogP contribution in [-0.2, 0) is 4.79 Å². The van der Waals surface area contributed by atoms with Crippen molar-refractivity contribution in [3.63, 3.8) is 0 Å². The standard InChI is InChI=1S/C15H22N2O3/c1-17(2)10-9-16-15(18)8-6-12-5-7-13(19-3)14(11-12)20-4/h5-8,11H,9-10H2,1-4H3,(H,16,18)/p+1/b8-6+. The van der Waals surface area contributed by atoms with Crippen LogP contribution in [0.5, 0.6) is 11.5 Å². The molecule has 0 saturated heterocycles. The molecule has 0 aliphatic carbocycles. The number of benzene rings is 1. The molecule has 2 N–H and O–H groups in total. The predicted octanol–water partition coefficient (Wildman–Crippen LogP) is -0.0223. The molecular formula is C15H23N2O3+. The SMILES string of the molecule is COc1ccc(/C=C/C(=O)NCC[NH+](C)C)cc1OC. The maximum absolute atomic E-state index is 11.6. The van der Waals surface area contributed by atoms with Crippen LogP contribution in [0.15, 0.2) is 24.3 Å². The summed E-state index contributed by atoms with van der Waals surface area (Å²) in [5, 5.41) is 2.83. The van der Waals surface area contributed by atoms with Crippen molar-refractivity contribution in [1.82, 2.24) is 5.32 Å². The molecule has 0 radical (unpaired) electrons. The molecule has 20 heavy (non-hydrogen) atoms. The van der Waals surface area contributed by atoms with Gasteiger partial charge in [0.2, 0.25) is 5.91 Å². The quantitative estimate of drug-likeness (QED) is 0.690. The number of hydrogen-bond acceptors (Lipinski definition) is 3. The molecule has 0 atom stereocenters. The molecule has 0 aliphatic rings. The Labute approximate surface area is 120 Å². The van der Waals surface area contributed by atoms with Gasteiger partial charge in [-0.05, 0) is 23.8 Å². The van der Waals surface area contributed by atoms with Gasteiger partial charge in [-0.25, -0.2) is 0 Å². The maximum Gasteiger partial charge on any atom is 0.244 e. The summed E-state index contributed by atoms with van der Waals surface area (Å²) in [4.78, 5) is 12.9. The van der Waals surface area contributed by atoms with E-state index >= 15 is 0 Å². The van der Waals surface area contributed by atoms with E-state index < -0.39 is 0 Å². The number of hydrogen-bond donors (Lipinski definition) is 2. The zero-order chi connectivity index (χ0) is 15.0. The van der Waals surface area contributed by atoms with Crippen LogP contribution in [-0.4, -0.2) is 47.3 Å². The van der Waals surface area contributed by atoms with Gasteiger partial charge in [0.15, 0.2) is 11.5 Å². The zero-order valence-corrected chi connectivity index (χ0v) is 12.5. The second kappa shape index (κ2) is 8.22. The van der Waals surface area contributed by atoms with Gasteiger partial charge < -0.3 is 19.7 Å². The lowest BCUT2D eigenvalue weighted by Crippen LogP contribution is -3.06. The second-order valence-electron chi connectivity index (χ2n) is 4.70. The van der Waals surface area contributed by atoms with Crippen LogP contribution >= 0.6 is 0 Å². The normalized spacial score (nSPS) is 10.8. The molecule has 0 spiro atoms. The van der Waals surface area contributed by atoms with E-state index in [1.54, 1.807) is 20.3 Å². The molecule has 1 amide bonds. The fourth-order valence-corrected chi connectivity index (χ4v) is 1.62. The molecule has 0 bridgehead atoms. The van der Waals surface area contributed by atoms with Crippen LogP contribution in [0.1, 0.15) is 5.56 Å². The summed E-state index contributed by atoms with van der Waals surface area (Å²) in [7, 11) is 7.27. The topological polar surface area (TPSA) is 52.0 Å². The molecule has 0 aliphatic heterocycles. The van der Waals surface area contributed by atoms with Crippen molar-refractivity contribution in [2.24, 2.45) is 0 Å². The predicted molar refractivity (Wildman–Crippen MR) is 79.3 cm³/mol. The number of likely N-dealkylation sites (N-methyl/N-ethyl adjacent to an activating group) is 1. The highest BCUT2D eigenvalue weighted by molar-refractivity contribution is 5.91. The largest absolute Gasteiger partial charge is 0.493 e. The number of nitrogens with one attached hydrogen (secondary N) is 2. The molecule has 0 saturated carbocycles. The molecule has 1 rings (SSSR count). The van der Waals surface area contributed by atoms with Crippen LogP contribution in [0.4, 0.5) is 0 Å². The molecule has 1 aromatic rings. The van der Waals surface area contributed by atoms with Crippen molar-refractivity contribution < 1.29 is 19.2 Å². The minimum Gasteiger partial charge on any atom is -0.493 e. The first-order valence-corrected chi connectivity index (χ1v) is 6.53. The van der Waals surface area contributed by atoms with Crippen molar-refractivity contribution in [3.8, 4) is 11.5 Å². The Bertz CT molecular complexity index is 470. The molecule has 5 nitrogen and oxygen atoms in total. The van der Waals surface area contributed by atoms with Crippen molar-refractivity contribution in [2.45, 2.75) is 0 Å². The van der Waals surface area contributed by atoms with Gasteiger partial charge in [-0.3, -0.25) is 4.79 Å². The molecule has 0 aromatic heterocycles. The van der Waals surface area contributed by atoms with E-state index in [2.05, 4.69) is 5.32 Å². The van der Waals surface area contributed by atoms with E-state index in [0.717, 1.165) is 12.1 Å². The van der Waals surface area contributed by atoms with Crippen LogP contribution < -0.4 is 19.7 Å². The fraction of sp³-hybridized carbons (Fsp3) is 0.400. The smallest absolute Gasteiger partial charge is 0.244 e. The first-order valence-electron chi connectivity index (χ1n) is 6.53. The summed E-state index contributed by atoms with van der Waals surface area (Å²) in [5.41, 5.74) is 0.885. The average molecular weight is 279 g/mol. The van der Waals surface area contributed by atoms with Gasteiger partial charge in [0, 0.05) is 6.08 Å². The molecule has 5 heteroatoms. The van der Waals surface area contributed by atoms with Crippen molar-refractivity contribution in [2.75, 3.05) is 41.4 Å². The third-order valence-corrected chi connectivity index (χ3v) is 2.76. The van der Waals surface area contributed by atoms with Gasteiger partial charge in [-0.2, -0.15) is 0 Å².